The van der Waals surface area contributed by atoms with E-state index < -0.39 is 5.97 Å². The molecule has 3 N–H and O–H groups in total. The Morgan fingerprint density at radius 2 is 2.22 bits per heavy atom. The van der Waals surface area contributed by atoms with Gasteiger partial charge in [0.2, 0.25) is 0 Å². The largest absolute Gasteiger partial charge is 0.477 e. The van der Waals surface area contributed by atoms with Crippen molar-refractivity contribution in [2.45, 2.75) is 6.92 Å². The summed E-state index contributed by atoms with van der Waals surface area (Å²) in [6, 6.07) is 7.86. The molecule has 0 saturated carbocycles. The molecule has 0 aliphatic carbocycles. The van der Waals surface area contributed by atoms with E-state index in [4.69, 9.17) is 5.11 Å². The van der Waals surface area contributed by atoms with Crippen LogP contribution in [-0.4, -0.2) is 26.0 Å². The van der Waals surface area contributed by atoms with Gasteiger partial charge in [-0.25, -0.2) is 9.78 Å². The van der Waals surface area contributed by atoms with Crippen LogP contribution < -0.4 is 0 Å². The first-order valence-corrected chi connectivity index (χ1v) is 5.52. The predicted octanol–water partition coefficient (Wildman–Crippen LogP) is 2.56. The first kappa shape index (κ1) is 10.6. The first-order valence-electron chi connectivity index (χ1n) is 5.52. The average molecular weight is 241 g/mol. The molecule has 2 heterocycles. The third kappa shape index (κ3) is 1.48. The molecule has 5 heteroatoms. The molecule has 0 fully saturated rings. The van der Waals surface area contributed by atoms with Crippen LogP contribution in [0.25, 0.3) is 22.3 Å². The highest BCUT2D eigenvalue weighted by molar-refractivity contribution is 5.95. The molecule has 0 spiro atoms. The second-order valence-electron chi connectivity index (χ2n) is 4.15. The van der Waals surface area contributed by atoms with Gasteiger partial charge in [-0.15, -0.1) is 0 Å². The Morgan fingerprint density at radius 1 is 1.39 bits per heavy atom. The number of aromatic amines is 2. The lowest BCUT2D eigenvalue weighted by Crippen LogP contribution is -1.99. The highest BCUT2D eigenvalue weighted by atomic mass is 16.4. The van der Waals surface area contributed by atoms with Gasteiger partial charge in [0.25, 0.3) is 0 Å². The summed E-state index contributed by atoms with van der Waals surface area (Å²) in [6.45, 7) is 2.01. The number of carbonyl (C=O) groups is 1. The predicted molar refractivity (Wildman–Crippen MR) is 67.6 cm³/mol. The minimum atomic E-state index is -1.02. The number of nitrogens with one attached hydrogen (secondary N) is 2. The van der Waals surface area contributed by atoms with E-state index in [1.54, 1.807) is 0 Å². The Bertz CT molecular complexity index is 740. The second-order valence-corrected chi connectivity index (χ2v) is 4.15. The average Bonchev–Trinajstić information content (AvgIpc) is 2.95. The Kier molecular flexibility index (Phi) is 2.19. The van der Waals surface area contributed by atoms with Crippen LogP contribution in [0.15, 0.2) is 30.6 Å². The summed E-state index contributed by atoms with van der Waals surface area (Å²) in [5, 5.41) is 10.1. The number of H-pyrrole nitrogens is 2. The van der Waals surface area contributed by atoms with E-state index in [1.165, 1.54) is 6.33 Å². The Morgan fingerprint density at radius 3 is 2.94 bits per heavy atom. The normalized spacial score (nSPS) is 10.9. The molecule has 90 valence electrons. The quantitative estimate of drug-likeness (QED) is 0.644. The van der Waals surface area contributed by atoms with Crippen LogP contribution in [0.4, 0.5) is 0 Å². The van der Waals surface area contributed by atoms with Gasteiger partial charge in [-0.3, -0.25) is 0 Å². The number of carboxylic acid groups (broad SMARTS) is 1. The first-order chi connectivity index (χ1) is 8.66. The lowest BCUT2D eigenvalue weighted by Gasteiger charge is -1.95. The molecule has 2 aromatic heterocycles. The van der Waals surface area contributed by atoms with Crippen LogP contribution >= 0.6 is 0 Å². The van der Waals surface area contributed by atoms with E-state index in [9.17, 15) is 4.79 Å². The Balaban J connectivity index is 2.23. The number of aromatic nitrogens is 3. The van der Waals surface area contributed by atoms with Gasteiger partial charge < -0.3 is 15.1 Å². The van der Waals surface area contributed by atoms with E-state index in [1.807, 2.05) is 31.2 Å². The number of aryl methyl sites for hydroxylation is 1. The molecule has 0 radical (unpaired) electrons. The molecule has 3 aromatic rings. The number of benzene rings is 1. The fraction of sp³-hybridized carbons (Fsp3) is 0.0769. The topological polar surface area (TPSA) is 81.8 Å². The molecular weight excluding hydrogens is 230 g/mol. The van der Waals surface area contributed by atoms with Crippen molar-refractivity contribution in [3.05, 3.63) is 41.9 Å². The fourth-order valence-corrected chi connectivity index (χ4v) is 2.10. The highest BCUT2D eigenvalue weighted by Crippen LogP contribution is 2.26. The monoisotopic (exact) mass is 241 g/mol. The molecule has 0 atom stereocenters. The molecular formula is C13H11N3O2. The smallest absolute Gasteiger partial charge is 0.354 e. The molecule has 0 amide bonds. The molecule has 0 bridgehead atoms. The molecule has 3 rings (SSSR count). The number of hydrogen-bond acceptors (Lipinski definition) is 2. The summed E-state index contributed by atoms with van der Waals surface area (Å²) in [6.07, 6.45) is 1.39. The van der Waals surface area contributed by atoms with Crippen LogP contribution in [0.1, 0.15) is 16.1 Å². The standard InChI is InChI=1S/C13H11N3O2/c1-7-3-2-4-8-5-9(16-10(7)8)11-12(13(17)18)15-6-14-11/h2-6,16H,1H3,(H,14,15)(H,17,18). The number of nitrogens with zero attached hydrogens (tertiary/aromatic N) is 1. The number of aromatic carboxylic acids is 1. The number of para-hydroxylation sites is 1. The van der Waals surface area contributed by atoms with Crippen molar-refractivity contribution in [2.75, 3.05) is 0 Å². The van der Waals surface area contributed by atoms with Gasteiger partial charge in [-0.05, 0) is 18.6 Å². The summed E-state index contributed by atoms with van der Waals surface area (Å²) in [4.78, 5) is 21.0. The Labute approximate surface area is 102 Å². The molecule has 18 heavy (non-hydrogen) atoms. The molecule has 5 nitrogen and oxygen atoms in total. The van der Waals surface area contributed by atoms with Gasteiger partial charge in [0, 0.05) is 10.9 Å². The van der Waals surface area contributed by atoms with Crippen molar-refractivity contribution in [2.24, 2.45) is 0 Å². The molecule has 1 aromatic carbocycles. The third-order valence-electron chi connectivity index (χ3n) is 2.97. The van der Waals surface area contributed by atoms with Crippen LogP contribution in [0.3, 0.4) is 0 Å². The zero-order valence-corrected chi connectivity index (χ0v) is 9.69. The summed E-state index contributed by atoms with van der Waals surface area (Å²) >= 11 is 0. The van der Waals surface area contributed by atoms with Crippen LogP contribution in [0.5, 0.6) is 0 Å². The lowest BCUT2D eigenvalue weighted by atomic mass is 10.1. The second kappa shape index (κ2) is 3.73. The Hall–Kier alpha value is -2.56. The van der Waals surface area contributed by atoms with E-state index in [0.29, 0.717) is 11.4 Å². The zero-order chi connectivity index (χ0) is 12.7. The van der Waals surface area contributed by atoms with Crippen molar-refractivity contribution in [1.82, 2.24) is 15.0 Å². The SMILES string of the molecule is Cc1cccc2cc(-c3nc[nH]c3C(=O)O)[nH]c12. The van der Waals surface area contributed by atoms with Crippen LogP contribution in [0, 0.1) is 6.92 Å². The minimum absolute atomic E-state index is 0.0965. The van der Waals surface area contributed by atoms with E-state index in [0.717, 1.165) is 16.5 Å². The summed E-state index contributed by atoms with van der Waals surface area (Å²) in [5.41, 5.74) is 3.35. The van der Waals surface area contributed by atoms with Gasteiger partial charge in [0.15, 0.2) is 5.69 Å². The maximum atomic E-state index is 11.1. The van der Waals surface area contributed by atoms with Gasteiger partial charge >= 0.3 is 5.97 Å². The van der Waals surface area contributed by atoms with Crippen molar-refractivity contribution < 1.29 is 9.90 Å². The van der Waals surface area contributed by atoms with Crippen molar-refractivity contribution in [3.8, 4) is 11.4 Å². The summed E-state index contributed by atoms with van der Waals surface area (Å²) in [7, 11) is 0. The molecule has 0 saturated heterocycles. The summed E-state index contributed by atoms with van der Waals surface area (Å²) < 4.78 is 0. The number of carboxylic acids is 1. The van der Waals surface area contributed by atoms with Gasteiger partial charge in [-0.1, -0.05) is 18.2 Å². The van der Waals surface area contributed by atoms with Crippen LogP contribution in [0.2, 0.25) is 0 Å². The summed E-state index contributed by atoms with van der Waals surface area (Å²) in [5.74, 6) is -1.02. The molecule has 0 unspecified atom stereocenters. The molecule has 0 aliphatic heterocycles. The van der Waals surface area contributed by atoms with Crippen molar-refractivity contribution in [3.63, 3.8) is 0 Å². The maximum Gasteiger partial charge on any atom is 0.354 e. The van der Waals surface area contributed by atoms with E-state index >= 15 is 0 Å². The van der Waals surface area contributed by atoms with E-state index in [2.05, 4.69) is 15.0 Å². The zero-order valence-electron chi connectivity index (χ0n) is 9.69. The number of hydrogen-bond donors (Lipinski definition) is 3. The molecule has 0 aliphatic rings. The minimum Gasteiger partial charge on any atom is -0.477 e. The van der Waals surface area contributed by atoms with Gasteiger partial charge in [-0.2, -0.15) is 0 Å². The lowest BCUT2D eigenvalue weighted by molar-refractivity contribution is 0.0692. The van der Waals surface area contributed by atoms with Gasteiger partial charge in [0.1, 0.15) is 5.69 Å². The van der Waals surface area contributed by atoms with Crippen molar-refractivity contribution >= 4 is 16.9 Å². The van der Waals surface area contributed by atoms with Gasteiger partial charge in [0.05, 0.1) is 12.0 Å². The maximum absolute atomic E-state index is 11.1. The van der Waals surface area contributed by atoms with Crippen LogP contribution in [-0.2, 0) is 0 Å². The fourth-order valence-electron chi connectivity index (χ4n) is 2.10. The third-order valence-corrected chi connectivity index (χ3v) is 2.97. The number of fused-ring (bicyclic) bond motifs is 1. The number of imidazole rings is 1. The van der Waals surface area contributed by atoms with E-state index in [-0.39, 0.29) is 5.69 Å². The van der Waals surface area contributed by atoms with Crippen molar-refractivity contribution in [1.29, 1.82) is 0 Å². The number of rotatable bonds is 2. The highest BCUT2D eigenvalue weighted by Gasteiger charge is 2.16.